The Balaban J connectivity index is 2.69. The molecule has 16 heavy (non-hydrogen) atoms. The molecule has 0 bridgehead atoms. The molecule has 1 unspecified atom stereocenters. The van der Waals surface area contributed by atoms with E-state index in [4.69, 9.17) is 15.9 Å². The van der Waals surface area contributed by atoms with Gasteiger partial charge in [0.05, 0.1) is 12.2 Å². The number of halogens is 1. The summed E-state index contributed by atoms with van der Waals surface area (Å²) in [6.45, 7) is -0.892. The van der Waals surface area contributed by atoms with Crippen molar-refractivity contribution in [1.82, 2.24) is 0 Å². The van der Waals surface area contributed by atoms with Crippen molar-refractivity contribution in [2.75, 3.05) is 18.9 Å². The normalized spacial score (nSPS) is 12.2. The van der Waals surface area contributed by atoms with Crippen molar-refractivity contribution in [3.63, 3.8) is 0 Å². The van der Waals surface area contributed by atoms with Crippen LogP contribution in [-0.2, 0) is 4.74 Å². The number of nitrogens with two attached hydrogens (primary N) is 1. The summed E-state index contributed by atoms with van der Waals surface area (Å²) in [4.78, 5) is 11.4. The van der Waals surface area contributed by atoms with Crippen LogP contribution in [0.4, 0.5) is 10.1 Å². The average Bonchev–Trinajstić information content (AvgIpc) is 2.28. The van der Waals surface area contributed by atoms with Gasteiger partial charge >= 0.3 is 5.97 Å². The molecule has 6 heteroatoms. The lowest BCUT2D eigenvalue weighted by Gasteiger charge is -2.09. The second-order valence-corrected chi connectivity index (χ2v) is 3.17. The molecule has 5 nitrogen and oxygen atoms in total. The summed E-state index contributed by atoms with van der Waals surface area (Å²) in [5.41, 5.74) is 5.43. The number of carbonyl (C=O) groups excluding carboxylic acids is 1. The quantitative estimate of drug-likeness (QED) is 0.496. The Morgan fingerprint density at radius 2 is 2.25 bits per heavy atom. The standard InChI is InChI=1S/C10H12FNO4/c11-6-1-2-9(12)8(3-6)10(15)16-5-7(14)4-13/h1-3,7,13-14H,4-5,12H2. The Labute approximate surface area is 91.3 Å². The van der Waals surface area contributed by atoms with E-state index in [1.807, 2.05) is 0 Å². The van der Waals surface area contributed by atoms with E-state index in [0.717, 1.165) is 12.1 Å². The lowest BCUT2D eigenvalue weighted by atomic mass is 10.2. The zero-order valence-electron chi connectivity index (χ0n) is 8.39. The predicted octanol–water partition coefficient (Wildman–Crippen LogP) is -0.0821. The van der Waals surface area contributed by atoms with Gasteiger partial charge in [0.15, 0.2) is 0 Å². The molecule has 0 aliphatic carbocycles. The largest absolute Gasteiger partial charge is 0.459 e. The van der Waals surface area contributed by atoms with Crippen LogP contribution in [0, 0.1) is 5.82 Å². The van der Waals surface area contributed by atoms with E-state index in [1.54, 1.807) is 0 Å². The van der Waals surface area contributed by atoms with Crippen LogP contribution in [0.3, 0.4) is 0 Å². The van der Waals surface area contributed by atoms with Crippen LogP contribution >= 0.6 is 0 Å². The fourth-order valence-electron chi connectivity index (χ4n) is 1.01. The Morgan fingerprint density at radius 3 is 2.88 bits per heavy atom. The molecule has 0 fully saturated rings. The monoisotopic (exact) mass is 229 g/mol. The SMILES string of the molecule is Nc1ccc(F)cc1C(=O)OCC(O)CO. The van der Waals surface area contributed by atoms with Gasteiger partial charge in [0.25, 0.3) is 0 Å². The molecule has 1 rings (SSSR count). The van der Waals surface area contributed by atoms with Gasteiger partial charge in [-0.05, 0) is 18.2 Å². The zero-order valence-corrected chi connectivity index (χ0v) is 8.39. The van der Waals surface area contributed by atoms with Gasteiger partial charge < -0.3 is 20.7 Å². The number of aliphatic hydroxyl groups excluding tert-OH is 2. The topological polar surface area (TPSA) is 92.8 Å². The summed E-state index contributed by atoms with van der Waals surface area (Å²) in [5.74, 6) is -1.45. The fourth-order valence-corrected chi connectivity index (χ4v) is 1.01. The third kappa shape index (κ3) is 3.18. The minimum Gasteiger partial charge on any atom is -0.459 e. The van der Waals surface area contributed by atoms with Crippen molar-refractivity contribution in [3.05, 3.63) is 29.6 Å². The van der Waals surface area contributed by atoms with Crippen molar-refractivity contribution < 1.29 is 24.1 Å². The van der Waals surface area contributed by atoms with Crippen LogP contribution in [0.1, 0.15) is 10.4 Å². The van der Waals surface area contributed by atoms with Crippen LogP contribution in [0.25, 0.3) is 0 Å². The van der Waals surface area contributed by atoms with Crippen LogP contribution in [0.2, 0.25) is 0 Å². The molecule has 1 aromatic rings. The predicted molar refractivity (Wildman–Crippen MR) is 54.2 cm³/mol. The van der Waals surface area contributed by atoms with E-state index >= 15 is 0 Å². The molecule has 0 amide bonds. The maximum absolute atomic E-state index is 12.8. The van der Waals surface area contributed by atoms with Gasteiger partial charge in [0.2, 0.25) is 0 Å². The summed E-state index contributed by atoms with van der Waals surface area (Å²) >= 11 is 0. The molecule has 0 radical (unpaired) electrons. The maximum Gasteiger partial charge on any atom is 0.340 e. The number of benzene rings is 1. The van der Waals surface area contributed by atoms with Gasteiger partial charge in [0, 0.05) is 5.69 Å². The number of anilines is 1. The van der Waals surface area contributed by atoms with Crippen LogP contribution < -0.4 is 5.73 Å². The van der Waals surface area contributed by atoms with Gasteiger partial charge in [-0.2, -0.15) is 0 Å². The summed E-state index contributed by atoms with van der Waals surface area (Å²) in [6, 6.07) is 3.31. The average molecular weight is 229 g/mol. The van der Waals surface area contributed by atoms with E-state index in [0.29, 0.717) is 0 Å². The number of hydrogen-bond acceptors (Lipinski definition) is 5. The lowest BCUT2D eigenvalue weighted by molar-refractivity contribution is 0.00938. The third-order valence-corrected chi connectivity index (χ3v) is 1.85. The molecule has 0 spiro atoms. The van der Waals surface area contributed by atoms with E-state index in [2.05, 4.69) is 4.74 Å². The highest BCUT2D eigenvalue weighted by Gasteiger charge is 2.14. The van der Waals surface area contributed by atoms with Gasteiger partial charge in [0.1, 0.15) is 18.5 Å². The molecule has 0 aliphatic heterocycles. The van der Waals surface area contributed by atoms with E-state index in [9.17, 15) is 9.18 Å². The number of hydrogen-bond donors (Lipinski definition) is 3. The number of ether oxygens (including phenoxy) is 1. The van der Waals surface area contributed by atoms with Crippen LogP contribution in [-0.4, -0.2) is 35.5 Å². The summed E-state index contributed by atoms with van der Waals surface area (Å²) in [5, 5.41) is 17.4. The first-order chi connectivity index (χ1) is 7.54. The Bertz CT molecular complexity index is 383. The molecule has 0 aliphatic rings. The summed E-state index contributed by atoms with van der Waals surface area (Å²) < 4.78 is 17.4. The number of rotatable bonds is 4. The number of carbonyl (C=O) groups is 1. The summed E-state index contributed by atoms with van der Waals surface area (Å²) in [7, 11) is 0. The third-order valence-electron chi connectivity index (χ3n) is 1.85. The molecule has 1 aromatic carbocycles. The second-order valence-electron chi connectivity index (χ2n) is 3.17. The number of esters is 1. The number of nitrogen functional groups attached to an aromatic ring is 1. The van der Waals surface area contributed by atoms with Gasteiger partial charge in [-0.1, -0.05) is 0 Å². The molecule has 0 saturated heterocycles. The molecule has 0 saturated carbocycles. The van der Waals surface area contributed by atoms with Crippen molar-refractivity contribution in [2.45, 2.75) is 6.10 Å². The molecule has 88 valence electrons. The highest BCUT2D eigenvalue weighted by atomic mass is 19.1. The van der Waals surface area contributed by atoms with Crippen molar-refractivity contribution >= 4 is 11.7 Å². The van der Waals surface area contributed by atoms with Crippen LogP contribution in [0.15, 0.2) is 18.2 Å². The van der Waals surface area contributed by atoms with E-state index in [1.165, 1.54) is 6.07 Å². The molecule has 4 N–H and O–H groups in total. The first-order valence-electron chi connectivity index (χ1n) is 4.55. The first kappa shape index (κ1) is 12.4. The molecule has 1 atom stereocenters. The maximum atomic E-state index is 12.8. The van der Waals surface area contributed by atoms with Gasteiger partial charge in [-0.3, -0.25) is 0 Å². The molecule has 0 heterocycles. The second kappa shape index (κ2) is 5.43. The zero-order chi connectivity index (χ0) is 12.1. The Hall–Kier alpha value is -1.66. The molecular weight excluding hydrogens is 217 g/mol. The minimum absolute atomic E-state index is 0.0879. The molecular formula is C10H12FNO4. The van der Waals surface area contributed by atoms with E-state index < -0.39 is 24.5 Å². The lowest BCUT2D eigenvalue weighted by Crippen LogP contribution is -2.22. The van der Waals surface area contributed by atoms with Gasteiger partial charge in [-0.15, -0.1) is 0 Å². The van der Waals surface area contributed by atoms with Crippen LogP contribution in [0.5, 0.6) is 0 Å². The van der Waals surface area contributed by atoms with Gasteiger partial charge in [-0.25, -0.2) is 9.18 Å². The number of aliphatic hydroxyl groups is 2. The minimum atomic E-state index is -1.15. The fraction of sp³-hybridized carbons (Fsp3) is 0.300. The highest BCUT2D eigenvalue weighted by molar-refractivity contribution is 5.95. The highest BCUT2D eigenvalue weighted by Crippen LogP contribution is 2.14. The Kier molecular flexibility index (Phi) is 4.21. The smallest absolute Gasteiger partial charge is 0.340 e. The summed E-state index contributed by atoms with van der Waals surface area (Å²) in [6.07, 6.45) is -1.15. The molecule has 0 aromatic heterocycles. The van der Waals surface area contributed by atoms with Crippen molar-refractivity contribution in [2.24, 2.45) is 0 Å². The first-order valence-corrected chi connectivity index (χ1v) is 4.55. The van der Waals surface area contributed by atoms with Crippen molar-refractivity contribution in [1.29, 1.82) is 0 Å². The van der Waals surface area contributed by atoms with Crippen molar-refractivity contribution in [3.8, 4) is 0 Å². The van der Waals surface area contributed by atoms with E-state index in [-0.39, 0.29) is 17.9 Å². The Morgan fingerprint density at radius 1 is 1.56 bits per heavy atom.